The molecule has 1 aromatic carbocycles. The minimum Gasteiger partial charge on any atom is -0.347 e. The Labute approximate surface area is 127 Å². The van der Waals surface area contributed by atoms with Crippen LogP contribution in [-0.2, 0) is 20.7 Å². The zero-order valence-corrected chi connectivity index (χ0v) is 12.2. The van der Waals surface area contributed by atoms with Gasteiger partial charge >= 0.3 is 0 Å². The smallest absolute Gasteiger partial charge is 0.230 e. The number of benzene rings is 1. The Hall–Kier alpha value is -2.27. The molecule has 1 aliphatic heterocycles. The molecule has 0 N–H and O–H groups in total. The van der Waals surface area contributed by atoms with E-state index in [0.717, 1.165) is 5.56 Å². The zero-order valence-electron chi connectivity index (χ0n) is 12.2. The molecule has 4 nitrogen and oxygen atoms in total. The standard InChI is InChI=1S/C17H16FNO3/c1-19-16(21)13(10-12-2-4-14(18)5-3-12)11-22-17(19)8-6-15(20)7-9-17/h2-9,13H,10-11H2,1H3. The van der Waals surface area contributed by atoms with Gasteiger partial charge in [-0.2, -0.15) is 0 Å². The highest BCUT2D eigenvalue weighted by molar-refractivity contribution is 6.00. The van der Waals surface area contributed by atoms with Gasteiger partial charge in [0, 0.05) is 7.05 Å². The third-order valence-electron chi connectivity index (χ3n) is 4.09. The Balaban J connectivity index is 1.75. The van der Waals surface area contributed by atoms with E-state index in [1.165, 1.54) is 29.2 Å². The Morgan fingerprint density at radius 3 is 2.50 bits per heavy atom. The molecular formula is C17H16FNO3. The molecule has 1 spiro atoms. The monoisotopic (exact) mass is 301 g/mol. The van der Waals surface area contributed by atoms with Gasteiger partial charge in [-0.25, -0.2) is 4.39 Å². The molecule has 22 heavy (non-hydrogen) atoms. The molecule has 5 heteroatoms. The van der Waals surface area contributed by atoms with Gasteiger partial charge < -0.3 is 9.64 Å². The minimum atomic E-state index is -0.968. The summed E-state index contributed by atoms with van der Waals surface area (Å²) in [6.07, 6.45) is 6.50. The average Bonchev–Trinajstić information content (AvgIpc) is 2.53. The van der Waals surface area contributed by atoms with E-state index < -0.39 is 5.72 Å². The fourth-order valence-electron chi connectivity index (χ4n) is 2.73. The molecule has 2 aliphatic rings. The van der Waals surface area contributed by atoms with E-state index in [1.54, 1.807) is 31.3 Å². The number of carbonyl (C=O) groups excluding carboxylic acids is 2. The summed E-state index contributed by atoms with van der Waals surface area (Å²) in [7, 11) is 1.66. The molecule has 1 atom stereocenters. The number of ether oxygens (including phenoxy) is 1. The van der Waals surface area contributed by atoms with Gasteiger partial charge in [0.2, 0.25) is 5.91 Å². The summed E-state index contributed by atoms with van der Waals surface area (Å²) in [5, 5.41) is 0. The van der Waals surface area contributed by atoms with Gasteiger partial charge in [0.25, 0.3) is 0 Å². The first-order valence-corrected chi connectivity index (χ1v) is 7.09. The lowest BCUT2D eigenvalue weighted by atomic mass is 9.94. The second-order valence-electron chi connectivity index (χ2n) is 5.56. The van der Waals surface area contributed by atoms with Crippen LogP contribution in [0.1, 0.15) is 5.56 Å². The van der Waals surface area contributed by atoms with Gasteiger partial charge in [-0.05, 0) is 48.4 Å². The maximum Gasteiger partial charge on any atom is 0.230 e. The molecule has 0 bridgehead atoms. The van der Waals surface area contributed by atoms with Crippen LogP contribution in [0.4, 0.5) is 4.39 Å². The van der Waals surface area contributed by atoms with Gasteiger partial charge in [-0.1, -0.05) is 12.1 Å². The predicted octanol–water partition coefficient (Wildman–Crippen LogP) is 1.86. The van der Waals surface area contributed by atoms with Crippen molar-refractivity contribution in [3.63, 3.8) is 0 Å². The molecule has 0 radical (unpaired) electrons. The zero-order chi connectivity index (χ0) is 15.7. The molecule has 0 saturated carbocycles. The quantitative estimate of drug-likeness (QED) is 0.838. The van der Waals surface area contributed by atoms with Crippen LogP contribution >= 0.6 is 0 Å². The molecule has 1 aliphatic carbocycles. The van der Waals surface area contributed by atoms with Gasteiger partial charge in [0.1, 0.15) is 5.82 Å². The van der Waals surface area contributed by atoms with Crippen molar-refractivity contribution in [3.05, 3.63) is 60.0 Å². The van der Waals surface area contributed by atoms with E-state index in [0.29, 0.717) is 6.42 Å². The molecule has 1 aromatic rings. The van der Waals surface area contributed by atoms with E-state index in [9.17, 15) is 14.0 Å². The highest BCUT2D eigenvalue weighted by atomic mass is 19.1. The number of allylic oxidation sites excluding steroid dienone is 2. The summed E-state index contributed by atoms with van der Waals surface area (Å²) in [4.78, 5) is 25.3. The Morgan fingerprint density at radius 2 is 1.86 bits per heavy atom. The lowest BCUT2D eigenvalue weighted by molar-refractivity contribution is -0.175. The maximum absolute atomic E-state index is 12.9. The normalized spacial score (nSPS) is 23.4. The van der Waals surface area contributed by atoms with Crippen LogP contribution in [0.25, 0.3) is 0 Å². The third kappa shape index (κ3) is 2.60. The van der Waals surface area contributed by atoms with Gasteiger partial charge in [-0.3, -0.25) is 9.59 Å². The number of halogens is 1. The number of carbonyl (C=O) groups is 2. The molecule has 1 heterocycles. The largest absolute Gasteiger partial charge is 0.347 e. The summed E-state index contributed by atoms with van der Waals surface area (Å²) < 4.78 is 18.8. The second kappa shape index (κ2) is 5.50. The van der Waals surface area contributed by atoms with Gasteiger partial charge in [0.05, 0.1) is 12.5 Å². The van der Waals surface area contributed by atoms with Crippen LogP contribution < -0.4 is 0 Å². The van der Waals surface area contributed by atoms with Crippen molar-refractivity contribution in [1.29, 1.82) is 0 Å². The number of rotatable bonds is 2. The van der Waals surface area contributed by atoms with E-state index in [-0.39, 0.29) is 30.0 Å². The Morgan fingerprint density at radius 1 is 1.23 bits per heavy atom. The number of nitrogens with zero attached hydrogens (tertiary/aromatic N) is 1. The molecule has 1 amide bonds. The summed E-state index contributed by atoms with van der Waals surface area (Å²) in [5.74, 6) is -0.795. The number of hydrogen-bond acceptors (Lipinski definition) is 3. The first kappa shape index (κ1) is 14.7. The van der Waals surface area contributed by atoms with Crippen LogP contribution in [0.2, 0.25) is 0 Å². The SMILES string of the molecule is CN1C(=O)C(Cc2ccc(F)cc2)COC12C=CC(=O)C=C2. The molecule has 0 aromatic heterocycles. The fourth-order valence-corrected chi connectivity index (χ4v) is 2.73. The van der Waals surface area contributed by atoms with Crippen molar-refractivity contribution in [1.82, 2.24) is 4.90 Å². The minimum absolute atomic E-state index is 0.0563. The predicted molar refractivity (Wildman–Crippen MR) is 78.3 cm³/mol. The third-order valence-corrected chi connectivity index (χ3v) is 4.09. The molecule has 114 valence electrons. The van der Waals surface area contributed by atoms with Crippen molar-refractivity contribution in [2.24, 2.45) is 5.92 Å². The first-order chi connectivity index (χ1) is 10.5. The van der Waals surface area contributed by atoms with Crippen LogP contribution in [-0.4, -0.2) is 36.0 Å². The highest BCUT2D eigenvalue weighted by Gasteiger charge is 2.43. The summed E-state index contributed by atoms with van der Waals surface area (Å²) in [5.41, 5.74) is -0.0813. The number of likely N-dealkylation sites (N-methyl/N-ethyl adjacent to an activating group) is 1. The molecule has 1 saturated heterocycles. The number of hydrogen-bond donors (Lipinski definition) is 0. The van der Waals surface area contributed by atoms with Crippen molar-refractivity contribution in [3.8, 4) is 0 Å². The molecule has 3 rings (SSSR count). The summed E-state index contributed by atoms with van der Waals surface area (Å²) in [6.45, 7) is 0.253. The second-order valence-corrected chi connectivity index (χ2v) is 5.56. The lowest BCUT2D eigenvalue weighted by Crippen LogP contribution is -2.57. The van der Waals surface area contributed by atoms with Crippen molar-refractivity contribution < 1.29 is 18.7 Å². The Kier molecular flexibility index (Phi) is 3.66. The number of amides is 1. The van der Waals surface area contributed by atoms with Gasteiger partial charge in [-0.15, -0.1) is 0 Å². The average molecular weight is 301 g/mol. The summed E-state index contributed by atoms with van der Waals surface area (Å²) >= 11 is 0. The van der Waals surface area contributed by atoms with Crippen LogP contribution in [0, 0.1) is 11.7 Å². The van der Waals surface area contributed by atoms with Crippen molar-refractivity contribution in [2.45, 2.75) is 12.1 Å². The topological polar surface area (TPSA) is 46.6 Å². The van der Waals surface area contributed by atoms with E-state index in [1.807, 2.05) is 0 Å². The van der Waals surface area contributed by atoms with Crippen molar-refractivity contribution in [2.75, 3.05) is 13.7 Å². The Bertz CT molecular complexity index is 647. The number of ketones is 1. The van der Waals surface area contributed by atoms with Crippen LogP contribution in [0.15, 0.2) is 48.6 Å². The van der Waals surface area contributed by atoms with E-state index >= 15 is 0 Å². The van der Waals surface area contributed by atoms with Gasteiger partial charge in [0.15, 0.2) is 11.5 Å². The fraction of sp³-hybridized carbons (Fsp3) is 0.294. The molecule has 1 unspecified atom stereocenters. The molecular weight excluding hydrogens is 285 g/mol. The highest BCUT2D eigenvalue weighted by Crippen LogP contribution is 2.31. The summed E-state index contributed by atoms with van der Waals surface area (Å²) in [6, 6.07) is 6.11. The first-order valence-electron chi connectivity index (χ1n) is 7.09. The van der Waals surface area contributed by atoms with E-state index in [2.05, 4.69) is 0 Å². The van der Waals surface area contributed by atoms with Crippen LogP contribution in [0.3, 0.4) is 0 Å². The van der Waals surface area contributed by atoms with E-state index in [4.69, 9.17) is 4.74 Å². The lowest BCUT2D eigenvalue weighted by Gasteiger charge is -2.44. The van der Waals surface area contributed by atoms with Crippen molar-refractivity contribution >= 4 is 11.7 Å². The molecule has 1 fully saturated rings. The van der Waals surface area contributed by atoms with Crippen LogP contribution in [0.5, 0.6) is 0 Å². The maximum atomic E-state index is 12.9.